The number of hydrogen-bond donors (Lipinski definition) is 0. The average molecular weight is 378 g/mol. The third-order valence-corrected chi connectivity index (χ3v) is 4.24. The second kappa shape index (κ2) is 7.06. The molecule has 0 atom stereocenters. The Bertz CT molecular complexity index is 1170. The van der Waals surface area contributed by atoms with E-state index in [1.165, 1.54) is 9.36 Å². The first-order chi connectivity index (χ1) is 13.5. The molecule has 0 unspecified atom stereocenters. The van der Waals surface area contributed by atoms with E-state index in [9.17, 15) is 4.79 Å². The van der Waals surface area contributed by atoms with E-state index < -0.39 is 0 Å². The summed E-state index contributed by atoms with van der Waals surface area (Å²) in [5.74, 6) is 0.882. The Balaban J connectivity index is 1.58. The highest BCUT2D eigenvalue weighted by atomic mass is 16.5. The standard InChI is InChI=1S/C18H18N8O2/c1-12-9-19-17(20-10-12)25-8-7-16(21-25)28-11-14-13(2)5-4-6-15(14)26-18(27)24(3)22-23-26/h4-10H,11H2,1-3H3. The Morgan fingerprint density at radius 2 is 1.86 bits per heavy atom. The lowest BCUT2D eigenvalue weighted by Crippen LogP contribution is -2.23. The predicted molar refractivity (Wildman–Crippen MR) is 99.6 cm³/mol. The molecule has 10 nitrogen and oxygen atoms in total. The van der Waals surface area contributed by atoms with Crippen molar-refractivity contribution in [2.45, 2.75) is 20.5 Å². The van der Waals surface area contributed by atoms with Gasteiger partial charge in [-0.25, -0.2) is 19.4 Å². The topological polar surface area (TPSA) is 106 Å². The van der Waals surface area contributed by atoms with Gasteiger partial charge in [0.2, 0.25) is 5.88 Å². The van der Waals surface area contributed by atoms with Crippen molar-refractivity contribution in [1.82, 2.24) is 39.5 Å². The number of benzene rings is 1. The zero-order valence-corrected chi connectivity index (χ0v) is 15.6. The SMILES string of the molecule is Cc1cnc(-n2ccc(OCc3c(C)cccc3-n3nnn(C)c3=O)n2)nc1. The van der Waals surface area contributed by atoms with Gasteiger partial charge in [-0.15, -0.1) is 5.10 Å². The Morgan fingerprint density at radius 1 is 1.07 bits per heavy atom. The Labute approximate surface area is 160 Å². The van der Waals surface area contributed by atoms with Gasteiger partial charge in [-0.2, -0.15) is 9.36 Å². The van der Waals surface area contributed by atoms with Crippen LogP contribution >= 0.6 is 0 Å². The molecule has 0 saturated heterocycles. The van der Waals surface area contributed by atoms with E-state index in [4.69, 9.17) is 4.74 Å². The molecular weight excluding hydrogens is 360 g/mol. The molecule has 0 aliphatic heterocycles. The van der Waals surface area contributed by atoms with Crippen LogP contribution in [-0.4, -0.2) is 39.5 Å². The number of ether oxygens (including phenoxy) is 1. The van der Waals surface area contributed by atoms with Gasteiger partial charge in [-0.1, -0.05) is 12.1 Å². The number of hydrogen-bond acceptors (Lipinski definition) is 7. The van der Waals surface area contributed by atoms with Crippen molar-refractivity contribution in [3.8, 4) is 17.5 Å². The summed E-state index contributed by atoms with van der Waals surface area (Å²) in [5, 5.41) is 12.0. The number of tetrazole rings is 1. The molecule has 0 saturated carbocycles. The third-order valence-electron chi connectivity index (χ3n) is 4.24. The van der Waals surface area contributed by atoms with Crippen LogP contribution in [0.4, 0.5) is 0 Å². The summed E-state index contributed by atoms with van der Waals surface area (Å²) >= 11 is 0. The summed E-state index contributed by atoms with van der Waals surface area (Å²) in [5.41, 5.74) is 3.06. The van der Waals surface area contributed by atoms with Crippen LogP contribution in [0.25, 0.3) is 11.6 Å². The Hall–Kier alpha value is -3.82. The Morgan fingerprint density at radius 3 is 2.57 bits per heavy atom. The molecular formula is C18H18N8O2. The maximum Gasteiger partial charge on any atom is 0.368 e. The lowest BCUT2D eigenvalue weighted by Gasteiger charge is -2.11. The van der Waals surface area contributed by atoms with E-state index >= 15 is 0 Å². The third kappa shape index (κ3) is 3.27. The van der Waals surface area contributed by atoms with Crippen molar-refractivity contribution in [2.75, 3.05) is 0 Å². The fourth-order valence-electron chi connectivity index (χ4n) is 2.68. The highest BCUT2D eigenvalue weighted by Gasteiger charge is 2.14. The average Bonchev–Trinajstić information content (AvgIpc) is 3.29. The minimum Gasteiger partial charge on any atom is -0.472 e. The minimum absolute atomic E-state index is 0.219. The van der Waals surface area contributed by atoms with Gasteiger partial charge in [-0.05, 0) is 41.5 Å². The molecule has 10 heteroatoms. The second-order valence-electron chi connectivity index (χ2n) is 6.32. The van der Waals surface area contributed by atoms with E-state index in [1.807, 2.05) is 26.0 Å². The van der Waals surface area contributed by atoms with Gasteiger partial charge in [0.1, 0.15) is 6.61 Å². The molecule has 0 fully saturated rings. The van der Waals surface area contributed by atoms with E-state index in [-0.39, 0.29) is 12.3 Å². The number of nitrogens with zero attached hydrogens (tertiary/aromatic N) is 8. The van der Waals surface area contributed by atoms with Gasteiger partial charge in [-0.3, -0.25) is 0 Å². The molecule has 0 aliphatic carbocycles. The molecule has 1 aromatic carbocycles. The zero-order valence-electron chi connectivity index (χ0n) is 15.6. The normalized spacial score (nSPS) is 11.0. The minimum atomic E-state index is -0.326. The molecule has 4 rings (SSSR count). The van der Waals surface area contributed by atoms with Gasteiger partial charge in [0.25, 0.3) is 5.95 Å². The van der Waals surface area contributed by atoms with E-state index in [2.05, 4.69) is 25.5 Å². The van der Waals surface area contributed by atoms with E-state index in [1.54, 1.807) is 42.5 Å². The van der Waals surface area contributed by atoms with Crippen LogP contribution < -0.4 is 10.4 Å². The highest BCUT2D eigenvalue weighted by Crippen LogP contribution is 2.19. The fraction of sp³-hybridized carbons (Fsp3) is 0.222. The monoisotopic (exact) mass is 378 g/mol. The summed E-state index contributed by atoms with van der Waals surface area (Å²) in [4.78, 5) is 20.7. The lowest BCUT2D eigenvalue weighted by molar-refractivity contribution is 0.290. The van der Waals surface area contributed by atoms with Crippen molar-refractivity contribution < 1.29 is 4.74 Å². The molecule has 4 aromatic rings. The van der Waals surface area contributed by atoms with Crippen molar-refractivity contribution in [2.24, 2.45) is 7.05 Å². The summed E-state index contributed by atoms with van der Waals surface area (Å²) in [7, 11) is 1.55. The molecule has 3 aromatic heterocycles. The predicted octanol–water partition coefficient (Wildman–Crippen LogP) is 1.14. The molecule has 0 bridgehead atoms. The molecule has 0 amide bonds. The van der Waals surface area contributed by atoms with Crippen LogP contribution in [0.2, 0.25) is 0 Å². The van der Waals surface area contributed by atoms with Crippen LogP contribution in [-0.2, 0) is 13.7 Å². The van der Waals surface area contributed by atoms with Crippen molar-refractivity contribution in [1.29, 1.82) is 0 Å². The summed E-state index contributed by atoms with van der Waals surface area (Å²) in [6.45, 7) is 4.09. The smallest absolute Gasteiger partial charge is 0.368 e. The van der Waals surface area contributed by atoms with Crippen LogP contribution in [0, 0.1) is 13.8 Å². The van der Waals surface area contributed by atoms with E-state index in [0.29, 0.717) is 17.5 Å². The van der Waals surface area contributed by atoms with E-state index in [0.717, 1.165) is 16.7 Å². The summed E-state index contributed by atoms with van der Waals surface area (Å²) in [6, 6.07) is 7.34. The summed E-state index contributed by atoms with van der Waals surface area (Å²) < 4.78 is 9.82. The maximum absolute atomic E-state index is 12.2. The van der Waals surface area contributed by atoms with Crippen molar-refractivity contribution in [3.05, 3.63) is 70.0 Å². The lowest BCUT2D eigenvalue weighted by atomic mass is 10.1. The quantitative estimate of drug-likeness (QED) is 0.513. The van der Waals surface area contributed by atoms with Gasteiger partial charge < -0.3 is 4.74 Å². The number of aromatic nitrogens is 8. The molecule has 142 valence electrons. The van der Waals surface area contributed by atoms with Crippen LogP contribution in [0.3, 0.4) is 0 Å². The molecule has 0 aliphatic rings. The van der Waals surface area contributed by atoms with Crippen LogP contribution in [0.5, 0.6) is 5.88 Å². The summed E-state index contributed by atoms with van der Waals surface area (Å²) in [6.07, 6.45) is 5.18. The maximum atomic E-state index is 12.2. The first-order valence-electron chi connectivity index (χ1n) is 8.58. The van der Waals surface area contributed by atoms with Gasteiger partial charge >= 0.3 is 5.69 Å². The van der Waals surface area contributed by atoms with Gasteiger partial charge in [0, 0.05) is 37.3 Å². The van der Waals surface area contributed by atoms with Crippen LogP contribution in [0.15, 0.2) is 47.7 Å². The number of aryl methyl sites for hydroxylation is 3. The number of rotatable bonds is 5. The molecule has 3 heterocycles. The molecule has 0 N–H and O–H groups in total. The van der Waals surface area contributed by atoms with Gasteiger partial charge in [0.05, 0.1) is 5.69 Å². The second-order valence-corrected chi connectivity index (χ2v) is 6.32. The van der Waals surface area contributed by atoms with Gasteiger partial charge in [0.15, 0.2) is 0 Å². The first-order valence-corrected chi connectivity index (χ1v) is 8.58. The van der Waals surface area contributed by atoms with Crippen molar-refractivity contribution >= 4 is 0 Å². The Kier molecular flexibility index (Phi) is 4.44. The van der Waals surface area contributed by atoms with Crippen molar-refractivity contribution in [3.63, 3.8) is 0 Å². The molecule has 0 radical (unpaired) electrons. The highest BCUT2D eigenvalue weighted by molar-refractivity contribution is 5.44. The largest absolute Gasteiger partial charge is 0.472 e. The molecule has 0 spiro atoms. The molecule has 28 heavy (non-hydrogen) atoms. The first kappa shape index (κ1) is 17.6. The zero-order chi connectivity index (χ0) is 19.7. The fourth-order valence-corrected chi connectivity index (χ4v) is 2.68. The van der Waals surface area contributed by atoms with Crippen LogP contribution in [0.1, 0.15) is 16.7 Å².